The SMILES string of the molecule is CCCCNC(=NC)NCC(C)N(C)c1ccccc1. The number of benzene rings is 1. The maximum absolute atomic E-state index is 4.24. The van der Waals surface area contributed by atoms with E-state index >= 15 is 0 Å². The van der Waals surface area contributed by atoms with Gasteiger partial charge < -0.3 is 15.5 Å². The lowest BCUT2D eigenvalue weighted by atomic mass is 10.2. The van der Waals surface area contributed by atoms with Gasteiger partial charge in [-0.15, -0.1) is 0 Å². The van der Waals surface area contributed by atoms with Crippen LogP contribution in [0.4, 0.5) is 5.69 Å². The molecule has 0 heterocycles. The molecule has 1 unspecified atom stereocenters. The fourth-order valence-electron chi connectivity index (χ4n) is 1.90. The van der Waals surface area contributed by atoms with Gasteiger partial charge in [-0.1, -0.05) is 31.5 Å². The zero-order valence-electron chi connectivity index (χ0n) is 13.2. The van der Waals surface area contributed by atoms with Crippen LogP contribution in [-0.4, -0.2) is 39.2 Å². The van der Waals surface area contributed by atoms with Crippen molar-refractivity contribution in [1.29, 1.82) is 0 Å². The molecular formula is C16H28N4. The standard InChI is InChI=1S/C16H28N4/c1-5-6-12-18-16(17-3)19-13-14(2)20(4)15-10-8-7-9-11-15/h7-11,14H,5-6,12-13H2,1-4H3,(H2,17,18,19). The van der Waals surface area contributed by atoms with Crippen LogP contribution in [0.5, 0.6) is 0 Å². The van der Waals surface area contributed by atoms with Gasteiger partial charge >= 0.3 is 0 Å². The Kier molecular flexibility index (Phi) is 7.55. The first-order valence-electron chi connectivity index (χ1n) is 7.41. The fourth-order valence-corrected chi connectivity index (χ4v) is 1.90. The predicted octanol–water partition coefficient (Wildman–Crippen LogP) is 2.48. The van der Waals surface area contributed by atoms with Crippen LogP contribution in [0.3, 0.4) is 0 Å². The normalized spacial score (nSPS) is 12.9. The number of guanidine groups is 1. The monoisotopic (exact) mass is 276 g/mol. The first-order valence-corrected chi connectivity index (χ1v) is 7.41. The van der Waals surface area contributed by atoms with Gasteiger partial charge in [0.1, 0.15) is 0 Å². The third kappa shape index (κ3) is 5.51. The summed E-state index contributed by atoms with van der Waals surface area (Å²) in [5.74, 6) is 0.881. The molecule has 4 nitrogen and oxygen atoms in total. The van der Waals surface area contributed by atoms with E-state index < -0.39 is 0 Å². The average Bonchev–Trinajstić information content (AvgIpc) is 2.50. The summed E-state index contributed by atoms with van der Waals surface area (Å²) in [6.45, 7) is 6.23. The molecule has 1 rings (SSSR count). The average molecular weight is 276 g/mol. The van der Waals surface area contributed by atoms with E-state index in [4.69, 9.17) is 0 Å². The summed E-state index contributed by atoms with van der Waals surface area (Å²) in [6, 6.07) is 10.8. The molecule has 1 aromatic rings. The molecule has 0 aliphatic rings. The summed E-state index contributed by atoms with van der Waals surface area (Å²) in [7, 11) is 3.93. The van der Waals surface area contributed by atoms with Gasteiger partial charge in [-0.3, -0.25) is 4.99 Å². The second kappa shape index (κ2) is 9.23. The number of aliphatic imine (C=N–C) groups is 1. The van der Waals surface area contributed by atoms with Crippen molar-refractivity contribution in [2.24, 2.45) is 4.99 Å². The highest BCUT2D eigenvalue weighted by Crippen LogP contribution is 2.13. The van der Waals surface area contributed by atoms with Crippen LogP contribution in [0, 0.1) is 0 Å². The van der Waals surface area contributed by atoms with Gasteiger partial charge in [-0.2, -0.15) is 0 Å². The molecule has 4 heteroatoms. The summed E-state index contributed by atoms with van der Waals surface area (Å²) < 4.78 is 0. The highest BCUT2D eigenvalue weighted by atomic mass is 15.2. The van der Waals surface area contributed by atoms with Gasteiger partial charge in [-0.05, 0) is 25.5 Å². The third-order valence-corrected chi connectivity index (χ3v) is 3.44. The minimum Gasteiger partial charge on any atom is -0.370 e. The summed E-state index contributed by atoms with van der Waals surface area (Å²) >= 11 is 0. The molecule has 0 aromatic heterocycles. The maximum atomic E-state index is 4.24. The van der Waals surface area contributed by atoms with E-state index in [9.17, 15) is 0 Å². The van der Waals surface area contributed by atoms with Crippen molar-refractivity contribution in [3.8, 4) is 0 Å². The first-order chi connectivity index (χ1) is 9.69. The van der Waals surface area contributed by atoms with Crippen LogP contribution in [0.2, 0.25) is 0 Å². The van der Waals surface area contributed by atoms with E-state index in [0.717, 1.165) is 19.0 Å². The molecule has 1 atom stereocenters. The van der Waals surface area contributed by atoms with Gasteiger partial charge in [0.15, 0.2) is 5.96 Å². The van der Waals surface area contributed by atoms with Crippen LogP contribution < -0.4 is 15.5 Å². The second-order valence-corrected chi connectivity index (χ2v) is 5.03. The zero-order chi connectivity index (χ0) is 14.8. The minimum atomic E-state index is 0.391. The Balaban J connectivity index is 2.40. The fraction of sp³-hybridized carbons (Fsp3) is 0.562. The predicted molar refractivity (Wildman–Crippen MR) is 88.6 cm³/mol. The summed E-state index contributed by atoms with van der Waals surface area (Å²) in [5, 5.41) is 6.70. The van der Waals surface area contributed by atoms with Crippen molar-refractivity contribution in [2.45, 2.75) is 32.7 Å². The smallest absolute Gasteiger partial charge is 0.191 e. The lowest BCUT2D eigenvalue weighted by Crippen LogP contribution is -2.45. The Morgan fingerprint density at radius 1 is 1.25 bits per heavy atom. The molecule has 0 bridgehead atoms. The molecule has 0 saturated carbocycles. The van der Waals surface area contributed by atoms with Crippen LogP contribution in [0.1, 0.15) is 26.7 Å². The van der Waals surface area contributed by atoms with E-state index in [1.807, 2.05) is 13.1 Å². The number of nitrogens with zero attached hydrogens (tertiary/aromatic N) is 2. The number of nitrogens with one attached hydrogen (secondary N) is 2. The second-order valence-electron chi connectivity index (χ2n) is 5.03. The van der Waals surface area contributed by atoms with Crippen LogP contribution >= 0.6 is 0 Å². The number of likely N-dealkylation sites (N-methyl/N-ethyl adjacent to an activating group) is 1. The highest BCUT2D eigenvalue weighted by Gasteiger charge is 2.10. The Morgan fingerprint density at radius 2 is 1.95 bits per heavy atom. The van der Waals surface area contributed by atoms with Gasteiger partial charge in [-0.25, -0.2) is 0 Å². The molecular weight excluding hydrogens is 248 g/mol. The maximum Gasteiger partial charge on any atom is 0.191 e. The van der Waals surface area contributed by atoms with Gasteiger partial charge in [0.05, 0.1) is 0 Å². The Hall–Kier alpha value is -1.71. The highest BCUT2D eigenvalue weighted by molar-refractivity contribution is 5.79. The number of unbranched alkanes of at least 4 members (excludes halogenated alkanes) is 1. The number of rotatable bonds is 7. The molecule has 0 fully saturated rings. The van der Waals surface area contributed by atoms with Crippen molar-refractivity contribution in [3.05, 3.63) is 30.3 Å². The molecule has 112 valence electrons. The zero-order valence-corrected chi connectivity index (χ0v) is 13.2. The summed E-state index contributed by atoms with van der Waals surface area (Å²) in [5.41, 5.74) is 1.23. The number of hydrogen-bond acceptors (Lipinski definition) is 2. The largest absolute Gasteiger partial charge is 0.370 e. The summed E-state index contributed by atoms with van der Waals surface area (Å²) in [6.07, 6.45) is 2.36. The quantitative estimate of drug-likeness (QED) is 0.456. The van der Waals surface area contributed by atoms with Gasteiger partial charge in [0.2, 0.25) is 0 Å². The topological polar surface area (TPSA) is 39.7 Å². The molecule has 0 aliphatic carbocycles. The van der Waals surface area contributed by atoms with Crippen molar-refractivity contribution in [3.63, 3.8) is 0 Å². The summed E-state index contributed by atoms with van der Waals surface area (Å²) in [4.78, 5) is 6.51. The number of anilines is 1. The van der Waals surface area contributed by atoms with E-state index in [1.165, 1.54) is 18.5 Å². The lowest BCUT2D eigenvalue weighted by molar-refractivity contribution is 0.644. The van der Waals surface area contributed by atoms with E-state index in [0.29, 0.717) is 6.04 Å². The first kappa shape index (κ1) is 16.3. The molecule has 0 spiro atoms. The van der Waals surface area contributed by atoms with E-state index in [-0.39, 0.29) is 0 Å². The molecule has 20 heavy (non-hydrogen) atoms. The van der Waals surface area contributed by atoms with Crippen LogP contribution in [-0.2, 0) is 0 Å². The Morgan fingerprint density at radius 3 is 2.55 bits per heavy atom. The van der Waals surface area contributed by atoms with Crippen molar-refractivity contribution in [1.82, 2.24) is 10.6 Å². The van der Waals surface area contributed by atoms with Crippen LogP contribution in [0.15, 0.2) is 35.3 Å². The number of para-hydroxylation sites is 1. The van der Waals surface area contributed by atoms with E-state index in [2.05, 4.69) is 65.7 Å². The third-order valence-electron chi connectivity index (χ3n) is 3.44. The lowest BCUT2D eigenvalue weighted by Gasteiger charge is -2.27. The van der Waals surface area contributed by atoms with Crippen LogP contribution in [0.25, 0.3) is 0 Å². The van der Waals surface area contributed by atoms with Crippen molar-refractivity contribution in [2.75, 3.05) is 32.1 Å². The van der Waals surface area contributed by atoms with E-state index in [1.54, 1.807) is 0 Å². The Bertz CT molecular complexity index is 389. The minimum absolute atomic E-state index is 0.391. The van der Waals surface area contributed by atoms with Gasteiger partial charge in [0, 0.05) is 38.9 Å². The van der Waals surface area contributed by atoms with Gasteiger partial charge in [0.25, 0.3) is 0 Å². The molecule has 1 aromatic carbocycles. The molecule has 0 aliphatic heterocycles. The van der Waals surface area contributed by atoms with Crippen molar-refractivity contribution < 1.29 is 0 Å². The Labute approximate surface area is 123 Å². The molecule has 2 N–H and O–H groups in total. The number of hydrogen-bond donors (Lipinski definition) is 2. The molecule has 0 amide bonds. The van der Waals surface area contributed by atoms with Crippen molar-refractivity contribution >= 4 is 11.6 Å². The molecule has 0 radical (unpaired) electrons. The molecule has 0 saturated heterocycles.